The Morgan fingerprint density at radius 3 is 2.60 bits per heavy atom. The summed E-state index contributed by atoms with van der Waals surface area (Å²) in [5.74, 6) is 1.48. The molecule has 0 aliphatic carbocycles. The van der Waals surface area contributed by atoms with E-state index in [-0.39, 0.29) is 11.7 Å². The van der Waals surface area contributed by atoms with Gasteiger partial charge in [0.2, 0.25) is 5.88 Å². The van der Waals surface area contributed by atoms with Crippen LogP contribution in [0.4, 0.5) is 5.82 Å². The molecule has 2 fully saturated rings. The maximum atomic E-state index is 11.6. The van der Waals surface area contributed by atoms with Gasteiger partial charge in [0.05, 0.1) is 47.0 Å². The summed E-state index contributed by atoms with van der Waals surface area (Å²) in [5.41, 5.74) is 3.75. The van der Waals surface area contributed by atoms with Crippen molar-refractivity contribution < 1.29 is 19.4 Å². The number of para-hydroxylation sites is 1. The molecule has 0 spiro atoms. The number of carboxylic acids is 1. The van der Waals surface area contributed by atoms with Crippen LogP contribution in [0.5, 0.6) is 5.88 Å². The predicted molar refractivity (Wildman–Crippen MR) is 159 cm³/mol. The highest BCUT2D eigenvalue weighted by Gasteiger charge is 2.25. The first-order valence-corrected chi connectivity index (χ1v) is 14.3. The molecule has 2 aliphatic rings. The highest BCUT2D eigenvalue weighted by Crippen LogP contribution is 2.25. The fraction of sp³-hybridized carbons (Fsp3) is 0.312. The molecular formula is C32H32N6O4. The van der Waals surface area contributed by atoms with Crippen LogP contribution in [-0.4, -0.2) is 74.4 Å². The van der Waals surface area contributed by atoms with Crippen LogP contribution in [0.2, 0.25) is 0 Å². The van der Waals surface area contributed by atoms with E-state index in [2.05, 4.69) is 26.5 Å². The van der Waals surface area contributed by atoms with Crippen LogP contribution in [0.25, 0.3) is 21.9 Å². The molecule has 0 bridgehead atoms. The van der Waals surface area contributed by atoms with Crippen molar-refractivity contribution in [3.8, 4) is 5.88 Å². The summed E-state index contributed by atoms with van der Waals surface area (Å²) in [6.45, 7) is 5.88. The van der Waals surface area contributed by atoms with Crippen molar-refractivity contribution in [2.75, 3.05) is 37.7 Å². The lowest BCUT2D eigenvalue weighted by molar-refractivity contribution is -0.0592. The van der Waals surface area contributed by atoms with Gasteiger partial charge in [-0.05, 0) is 42.8 Å². The Labute approximate surface area is 243 Å². The Kier molecular flexibility index (Phi) is 7.15. The maximum absolute atomic E-state index is 11.6. The summed E-state index contributed by atoms with van der Waals surface area (Å²) in [6.07, 6.45) is 1.15. The Morgan fingerprint density at radius 2 is 1.79 bits per heavy atom. The molecule has 0 unspecified atom stereocenters. The van der Waals surface area contributed by atoms with Gasteiger partial charge in [0.25, 0.3) is 0 Å². The Bertz CT molecular complexity index is 1740. The van der Waals surface area contributed by atoms with Gasteiger partial charge in [-0.3, -0.25) is 4.90 Å². The number of carbonyl (C=O) groups is 1. The molecule has 2 aliphatic heterocycles. The molecule has 1 atom stereocenters. The molecule has 10 heteroatoms. The number of anilines is 1. The fourth-order valence-corrected chi connectivity index (χ4v) is 5.59. The van der Waals surface area contributed by atoms with Crippen molar-refractivity contribution in [3.63, 3.8) is 0 Å². The van der Waals surface area contributed by atoms with E-state index in [1.165, 1.54) is 0 Å². The van der Waals surface area contributed by atoms with Crippen molar-refractivity contribution in [1.82, 2.24) is 24.4 Å². The van der Waals surface area contributed by atoms with E-state index in [1.807, 2.05) is 42.5 Å². The quantitative estimate of drug-likeness (QED) is 0.279. The number of carboxylic acid groups (broad SMARTS) is 1. The van der Waals surface area contributed by atoms with E-state index in [0.29, 0.717) is 25.6 Å². The second kappa shape index (κ2) is 11.4. The zero-order chi connectivity index (χ0) is 28.5. The Morgan fingerprint density at radius 1 is 0.929 bits per heavy atom. The van der Waals surface area contributed by atoms with Gasteiger partial charge in [0, 0.05) is 44.2 Å². The number of imidazole rings is 1. The van der Waals surface area contributed by atoms with Crippen LogP contribution in [0, 0.1) is 0 Å². The predicted octanol–water partition coefficient (Wildman–Crippen LogP) is 4.37. The summed E-state index contributed by atoms with van der Waals surface area (Å²) in [7, 11) is 0. The lowest BCUT2D eigenvalue weighted by Gasteiger charge is -2.35. The zero-order valence-corrected chi connectivity index (χ0v) is 23.2. The number of benzene rings is 2. The monoisotopic (exact) mass is 564 g/mol. The molecule has 2 saturated heterocycles. The molecule has 5 aromatic rings. The first-order valence-electron chi connectivity index (χ1n) is 14.3. The topological polar surface area (TPSA) is 106 Å². The molecular weight excluding hydrogens is 532 g/mol. The van der Waals surface area contributed by atoms with Gasteiger partial charge in [-0.15, -0.1) is 0 Å². The molecule has 7 rings (SSSR count). The second-order valence-electron chi connectivity index (χ2n) is 10.8. The Hall–Kier alpha value is -4.54. The standard InChI is InChI=1S/C32H32N6O4/c39-32(40)23-9-11-27-28(18-23)38(19-25-12-17-41-25)30(34-27)20-36-13-15-37(16-14-36)29-6-3-7-31(35-29)42-21-24-10-8-22-4-1-2-5-26(22)33-24/h1-11,18,25H,12-17,19-21H2,(H,39,40)/t25-/m0/s1. The summed E-state index contributed by atoms with van der Waals surface area (Å²) in [4.78, 5) is 30.6. The first kappa shape index (κ1) is 26.4. The average molecular weight is 565 g/mol. The molecule has 0 radical (unpaired) electrons. The number of rotatable bonds is 9. The van der Waals surface area contributed by atoms with Crippen LogP contribution in [-0.2, 0) is 24.4 Å². The number of piperazine rings is 1. The fourth-order valence-electron chi connectivity index (χ4n) is 5.59. The van der Waals surface area contributed by atoms with Gasteiger partial charge in [-0.25, -0.2) is 14.8 Å². The molecule has 214 valence electrons. The number of hydrogen-bond donors (Lipinski definition) is 1. The summed E-state index contributed by atoms with van der Waals surface area (Å²) in [6, 6.07) is 23.1. The van der Waals surface area contributed by atoms with E-state index in [0.717, 1.165) is 78.5 Å². The van der Waals surface area contributed by atoms with Crippen LogP contribution in [0.3, 0.4) is 0 Å². The van der Waals surface area contributed by atoms with Gasteiger partial charge in [-0.1, -0.05) is 30.3 Å². The third-order valence-electron chi connectivity index (χ3n) is 8.05. The number of ether oxygens (including phenoxy) is 2. The third kappa shape index (κ3) is 5.50. The Balaban J connectivity index is 1.000. The lowest BCUT2D eigenvalue weighted by Crippen LogP contribution is -2.46. The number of fused-ring (bicyclic) bond motifs is 2. The highest BCUT2D eigenvalue weighted by atomic mass is 16.5. The van der Waals surface area contributed by atoms with Gasteiger partial charge in [-0.2, -0.15) is 4.98 Å². The second-order valence-corrected chi connectivity index (χ2v) is 10.8. The molecule has 5 heterocycles. The van der Waals surface area contributed by atoms with Gasteiger partial charge >= 0.3 is 5.97 Å². The lowest BCUT2D eigenvalue weighted by atomic mass is 10.1. The van der Waals surface area contributed by atoms with Crippen molar-refractivity contribution in [1.29, 1.82) is 0 Å². The number of hydrogen-bond acceptors (Lipinski definition) is 8. The van der Waals surface area contributed by atoms with E-state index in [4.69, 9.17) is 24.4 Å². The van der Waals surface area contributed by atoms with Crippen molar-refractivity contribution in [3.05, 3.63) is 89.9 Å². The minimum absolute atomic E-state index is 0.143. The van der Waals surface area contributed by atoms with Gasteiger partial charge in [0.1, 0.15) is 18.2 Å². The van der Waals surface area contributed by atoms with Crippen molar-refractivity contribution >= 4 is 33.7 Å². The molecule has 0 amide bonds. The SMILES string of the molecule is O=C(O)c1ccc2nc(CN3CCN(c4cccc(OCc5ccc6ccccc6n5)n4)CC3)n(C[C@@H]3CCO3)c2c1. The normalized spacial score (nSPS) is 17.4. The number of aromatic carboxylic acids is 1. The van der Waals surface area contributed by atoms with Gasteiger partial charge < -0.3 is 24.0 Å². The van der Waals surface area contributed by atoms with E-state index in [9.17, 15) is 9.90 Å². The van der Waals surface area contributed by atoms with Crippen molar-refractivity contribution in [2.45, 2.75) is 32.2 Å². The smallest absolute Gasteiger partial charge is 0.335 e. The number of nitrogens with zero attached hydrogens (tertiary/aromatic N) is 6. The van der Waals surface area contributed by atoms with Crippen LogP contribution in [0.1, 0.15) is 28.3 Å². The van der Waals surface area contributed by atoms with E-state index in [1.54, 1.807) is 18.2 Å². The molecule has 10 nitrogen and oxygen atoms in total. The average Bonchev–Trinajstić information content (AvgIpc) is 3.34. The molecule has 0 saturated carbocycles. The van der Waals surface area contributed by atoms with Gasteiger partial charge in [0.15, 0.2) is 0 Å². The minimum Gasteiger partial charge on any atom is -0.478 e. The van der Waals surface area contributed by atoms with Crippen molar-refractivity contribution in [2.24, 2.45) is 0 Å². The number of aromatic nitrogens is 4. The van der Waals surface area contributed by atoms with Crippen LogP contribution < -0.4 is 9.64 Å². The zero-order valence-electron chi connectivity index (χ0n) is 23.2. The molecule has 42 heavy (non-hydrogen) atoms. The van der Waals surface area contributed by atoms with Crippen LogP contribution >= 0.6 is 0 Å². The largest absolute Gasteiger partial charge is 0.478 e. The van der Waals surface area contributed by atoms with Crippen LogP contribution in [0.15, 0.2) is 72.8 Å². The molecule has 1 N–H and O–H groups in total. The van der Waals surface area contributed by atoms with E-state index >= 15 is 0 Å². The summed E-state index contributed by atoms with van der Waals surface area (Å²) < 4.78 is 13.9. The third-order valence-corrected chi connectivity index (χ3v) is 8.05. The summed E-state index contributed by atoms with van der Waals surface area (Å²) in [5, 5.41) is 10.6. The minimum atomic E-state index is -0.935. The number of pyridine rings is 2. The molecule has 2 aromatic carbocycles. The molecule has 3 aromatic heterocycles. The first-order chi connectivity index (χ1) is 20.6. The van der Waals surface area contributed by atoms with E-state index < -0.39 is 5.97 Å². The highest BCUT2D eigenvalue weighted by molar-refractivity contribution is 5.92. The maximum Gasteiger partial charge on any atom is 0.335 e. The summed E-state index contributed by atoms with van der Waals surface area (Å²) >= 11 is 0.